The van der Waals surface area contributed by atoms with Crippen molar-refractivity contribution in [1.82, 2.24) is 20.2 Å². The van der Waals surface area contributed by atoms with Crippen molar-refractivity contribution < 1.29 is 4.79 Å². The van der Waals surface area contributed by atoms with Gasteiger partial charge in [-0.15, -0.1) is 10.2 Å². The number of nitrogens with one attached hydrogen (secondary N) is 1. The van der Waals surface area contributed by atoms with E-state index in [0.717, 1.165) is 32.7 Å². The van der Waals surface area contributed by atoms with E-state index in [-0.39, 0.29) is 11.7 Å². The fourth-order valence-electron chi connectivity index (χ4n) is 3.25. The molecule has 0 fully saturated rings. The van der Waals surface area contributed by atoms with Crippen molar-refractivity contribution in [2.75, 3.05) is 5.75 Å². The van der Waals surface area contributed by atoms with Gasteiger partial charge in [0.25, 0.3) is 5.91 Å². The Hall–Kier alpha value is -3.49. The third kappa shape index (κ3) is 6.77. The Morgan fingerprint density at radius 2 is 1.63 bits per heavy atom. The second-order valence-electron chi connectivity index (χ2n) is 7.86. The maximum atomic E-state index is 12.4. The number of benzene rings is 3. The molecule has 1 amide bonds. The first-order valence-corrected chi connectivity index (χ1v) is 12.7. The number of allylic oxidation sites excluding steroid dienone is 1. The second kappa shape index (κ2) is 11.8. The van der Waals surface area contributed by atoms with Crippen molar-refractivity contribution in [3.8, 4) is 17.1 Å². The van der Waals surface area contributed by atoms with Gasteiger partial charge in [0.1, 0.15) is 0 Å². The van der Waals surface area contributed by atoms with Gasteiger partial charge < -0.3 is 0 Å². The number of aryl methyl sites for hydroxylation is 2. The number of carbonyl (C=O) groups excluding carboxylic acids is 1. The molecule has 0 spiro atoms. The molecule has 176 valence electrons. The minimum atomic E-state index is -0.235. The summed E-state index contributed by atoms with van der Waals surface area (Å²) >= 11 is 4.76. The van der Waals surface area contributed by atoms with Crippen LogP contribution in [0.4, 0.5) is 0 Å². The molecular weight excluding hydrogens is 522 g/mol. The van der Waals surface area contributed by atoms with E-state index in [2.05, 4.69) is 36.7 Å². The standard InChI is InChI=1S/C27H24BrN5OS/c1-19-8-12-22(13-9-19)26-31-32-27(33(26)24-14-10-20(2)11-15-24)35-18-25(34)30-29-17-23(28)16-21-6-4-3-5-7-21/h3-17H,18H2,1-2H3,(H,30,34)/b23-16-,29-17-. The van der Waals surface area contributed by atoms with Crippen LogP contribution in [0.15, 0.2) is 93.6 Å². The highest BCUT2D eigenvalue weighted by Gasteiger charge is 2.17. The normalized spacial score (nSPS) is 11.7. The number of nitrogens with zero attached hydrogens (tertiary/aromatic N) is 4. The smallest absolute Gasteiger partial charge is 0.250 e. The van der Waals surface area contributed by atoms with Crippen LogP contribution < -0.4 is 5.43 Å². The van der Waals surface area contributed by atoms with Gasteiger partial charge in [-0.1, -0.05) is 89.6 Å². The molecule has 3 aromatic carbocycles. The van der Waals surface area contributed by atoms with Crippen molar-refractivity contribution in [3.63, 3.8) is 0 Å². The van der Waals surface area contributed by atoms with Crippen LogP contribution in [-0.4, -0.2) is 32.6 Å². The SMILES string of the molecule is Cc1ccc(-c2nnc(SCC(=O)N/N=C\C(Br)=C\c3ccccc3)n2-c2ccc(C)cc2)cc1. The van der Waals surface area contributed by atoms with Gasteiger partial charge in [-0.2, -0.15) is 5.10 Å². The Balaban J connectivity index is 1.47. The Kier molecular flexibility index (Phi) is 8.28. The van der Waals surface area contributed by atoms with E-state index in [4.69, 9.17) is 0 Å². The zero-order valence-corrected chi connectivity index (χ0v) is 21.8. The topological polar surface area (TPSA) is 72.2 Å². The summed E-state index contributed by atoms with van der Waals surface area (Å²) in [5.74, 6) is 0.640. The largest absolute Gasteiger partial charge is 0.272 e. The Morgan fingerprint density at radius 3 is 2.31 bits per heavy atom. The minimum absolute atomic E-state index is 0.148. The molecule has 0 radical (unpaired) electrons. The fraction of sp³-hybridized carbons (Fsp3) is 0.111. The molecule has 8 heteroatoms. The number of amides is 1. The lowest BCUT2D eigenvalue weighted by molar-refractivity contribution is -0.118. The minimum Gasteiger partial charge on any atom is -0.272 e. The first-order chi connectivity index (χ1) is 17.0. The Morgan fingerprint density at radius 1 is 0.971 bits per heavy atom. The highest BCUT2D eigenvalue weighted by Crippen LogP contribution is 2.28. The summed E-state index contributed by atoms with van der Waals surface area (Å²) in [7, 11) is 0. The zero-order chi connectivity index (χ0) is 24.6. The van der Waals surface area contributed by atoms with Crippen LogP contribution in [-0.2, 0) is 4.79 Å². The molecule has 1 heterocycles. The molecular formula is C27H24BrN5OS. The van der Waals surface area contributed by atoms with Crippen molar-refractivity contribution in [3.05, 3.63) is 100 Å². The van der Waals surface area contributed by atoms with Gasteiger partial charge in [0.2, 0.25) is 0 Å². The number of halogens is 1. The van der Waals surface area contributed by atoms with Gasteiger partial charge >= 0.3 is 0 Å². The average Bonchev–Trinajstić information content (AvgIpc) is 3.28. The number of thioether (sulfide) groups is 1. The third-order valence-electron chi connectivity index (χ3n) is 5.05. The summed E-state index contributed by atoms with van der Waals surface area (Å²) in [5.41, 5.74) is 7.83. The van der Waals surface area contributed by atoms with Crippen molar-refractivity contribution in [2.24, 2.45) is 5.10 Å². The number of hydrogen-bond donors (Lipinski definition) is 1. The van der Waals surface area contributed by atoms with Gasteiger partial charge in [0.15, 0.2) is 11.0 Å². The lowest BCUT2D eigenvalue weighted by Crippen LogP contribution is -2.19. The second-order valence-corrected chi connectivity index (χ2v) is 9.72. The van der Waals surface area contributed by atoms with Gasteiger partial charge in [-0.3, -0.25) is 9.36 Å². The maximum Gasteiger partial charge on any atom is 0.250 e. The number of hydrogen-bond acceptors (Lipinski definition) is 5. The van der Waals surface area contributed by atoms with E-state index < -0.39 is 0 Å². The van der Waals surface area contributed by atoms with Crippen LogP contribution in [0.5, 0.6) is 0 Å². The first kappa shape index (κ1) is 24.6. The molecule has 1 aromatic heterocycles. The van der Waals surface area contributed by atoms with E-state index in [1.807, 2.05) is 103 Å². The molecule has 4 rings (SSSR count). The van der Waals surface area contributed by atoms with E-state index in [0.29, 0.717) is 5.16 Å². The highest BCUT2D eigenvalue weighted by atomic mass is 79.9. The first-order valence-electron chi connectivity index (χ1n) is 11.0. The van der Waals surface area contributed by atoms with Crippen LogP contribution in [0.2, 0.25) is 0 Å². The number of carbonyl (C=O) groups is 1. The molecule has 0 atom stereocenters. The van der Waals surface area contributed by atoms with E-state index in [9.17, 15) is 4.79 Å². The van der Waals surface area contributed by atoms with Crippen molar-refractivity contribution in [2.45, 2.75) is 19.0 Å². The Bertz CT molecular complexity index is 1350. The van der Waals surface area contributed by atoms with Gasteiger partial charge in [0, 0.05) is 15.7 Å². The molecule has 0 saturated heterocycles. The zero-order valence-electron chi connectivity index (χ0n) is 19.4. The van der Waals surface area contributed by atoms with Crippen molar-refractivity contribution >= 4 is 45.9 Å². The summed E-state index contributed by atoms with van der Waals surface area (Å²) in [6.07, 6.45) is 3.47. The molecule has 1 N–H and O–H groups in total. The number of rotatable bonds is 8. The number of aromatic nitrogens is 3. The van der Waals surface area contributed by atoms with Crippen LogP contribution in [0.25, 0.3) is 23.2 Å². The van der Waals surface area contributed by atoms with Crippen LogP contribution in [0, 0.1) is 13.8 Å². The average molecular weight is 546 g/mol. The van der Waals surface area contributed by atoms with Crippen molar-refractivity contribution in [1.29, 1.82) is 0 Å². The predicted octanol–water partition coefficient (Wildman–Crippen LogP) is 6.18. The van der Waals surface area contributed by atoms with Crippen LogP contribution >= 0.6 is 27.7 Å². The molecule has 4 aromatic rings. The summed E-state index contributed by atoms with van der Waals surface area (Å²) < 4.78 is 2.73. The molecule has 0 unspecified atom stereocenters. The summed E-state index contributed by atoms with van der Waals surface area (Å²) in [6.45, 7) is 4.09. The van der Waals surface area contributed by atoms with Gasteiger partial charge in [-0.25, -0.2) is 5.43 Å². The lowest BCUT2D eigenvalue weighted by atomic mass is 10.1. The van der Waals surface area contributed by atoms with Crippen LogP contribution in [0.3, 0.4) is 0 Å². The highest BCUT2D eigenvalue weighted by molar-refractivity contribution is 9.12. The molecule has 0 bridgehead atoms. The van der Waals surface area contributed by atoms with E-state index >= 15 is 0 Å². The van der Waals surface area contributed by atoms with E-state index in [1.165, 1.54) is 17.3 Å². The molecule has 0 saturated carbocycles. The fourth-order valence-corrected chi connectivity index (χ4v) is 4.36. The molecule has 0 aliphatic carbocycles. The predicted molar refractivity (Wildman–Crippen MR) is 147 cm³/mol. The maximum absolute atomic E-state index is 12.4. The third-order valence-corrected chi connectivity index (χ3v) is 6.41. The van der Waals surface area contributed by atoms with Gasteiger partial charge in [0.05, 0.1) is 12.0 Å². The lowest BCUT2D eigenvalue weighted by Gasteiger charge is -2.11. The summed E-state index contributed by atoms with van der Waals surface area (Å²) in [5, 5.41) is 13.5. The summed E-state index contributed by atoms with van der Waals surface area (Å²) in [6, 6.07) is 26.2. The molecule has 6 nitrogen and oxygen atoms in total. The molecule has 0 aliphatic rings. The number of hydrazone groups is 1. The Labute approximate surface area is 217 Å². The monoisotopic (exact) mass is 545 g/mol. The van der Waals surface area contributed by atoms with E-state index in [1.54, 1.807) is 6.21 Å². The molecule has 0 aliphatic heterocycles. The van der Waals surface area contributed by atoms with Gasteiger partial charge in [-0.05, 0) is 53.5 Å². The quantitative estimate of drug-likeness (QED) is 0.163. The summed E-state index contributed by atoms with van der Waals surface area (Å²) in [4.78, 5) is 12.4. The van der Waals surface area contributed by atoms with Crippen LogP contribution in [0.1, 0.15) is 16.7 Å². The molecule has 35 heavy (non-hydrogen) atoms.